The standard InChI is InChI=1S/C16H22BrFN2O/c1-19(2)9-10-20(13-5-3-4-6-13)16(21)14-11-12(18)7-8-15(14)17/h7-8,11,13H,3-6,9-10H2,1-2H3. The zero-order chi connectivity index (χ0) is 15.4. The molecule has 0 saturated heterocycles. The van der Waals surface area contributed by atoms with E-state index in [1.165, 1.54) is 25.0 Å². The first kappa shape index (κ1) is 16.4. The lowest BCUT2D eigenvalue weighted by atomic mass is 10.1. The van der Waals surface area contributed by atoms with Gasteiger partial charge >= 0.3 is 0 Å². The van der Waals surface area contributed by atoms with Crippen molar-refractivity contribution in [3.05, 3.63) is 34.1 Å². The van der Waals surface area contributed by atoms with Crippen LogP contribution in [-0.2, 0) is 0 Å². The van der Waals surface area contributed by atoms with Gasteiger partial charge in [0.15, 0.2) is 0 Å². The van der Waals surface area contributed by atoms with E-state index in [1.807, 2.05) is 19.0 Å². The molecule has 1 saturated carbocycles. The monoisotopic (exact) mass is 356 g/mol. The van der Waals surface area contributed by atoms with Crippen molar-refractivity contribution >= 4 is 21.8 Å². The SMILES string of the molecule is CN(C)CCN(C(=O)c1cc(F)ccc1Br)C1CCCC1. The molecule has 0 radical (unpaired) electrons. The average molecular weight is 357 g/mol. The van der Waals surface area contributed by atoms with Gasteiger partial charge in [-0.25, -0.2) is 4.39 Å². The lowest BCUT2D eigenvalue weighted by Gasteiger charge is -2.30. The van der Waals surface area contributed by atoms with Gasteiger partial charge in [0.25, 0.3) is 5.91 Å². The molecule has 0 unspecified atom stereocenters. The normalized spacial score (nSPS) is 15.7. The molecule has 0 atom stereocenters. The zero-order valence-corrected chi connectivity index (χ0v) is 14.2. The van der Waals surface area contributed by atoms with Crippen LogP contribution >= 0.6 is 15.9 Å². The highest BCUT2D eigenvalue weighted by Gasteiger charge is 2.28. The van der Waals surface area contributed by atoms with Crippen LogP contribution in [0.25, 0.3) is 0 Å². The topological polar surface area (TPSA) is 23.6 Å². The largest absolute Gasteiger partial charge is 0.334 e. The number of likely N-dealkylation sites (N-methyl/N-ethyl adjacent to an activating group) is 1. The number of nitrogens with zero attached hydrogens (tertiary/aromatic N) is 2. The van der Waals surface area contributed by atoms with Gasteiger partial charge in [0.05, 0.1) is 5.56 Å². The van der Waals surface area contributed by atoms with Crippen LogP contribution in [0.15, 0.2) is 22.7 Å². The summed E-state index contributed by atoms with van der Waals surface area (Å²) in [6.07, 6.45) is 4.43. The third-order valence-corrected chi connectivity index (χ3v) is 4.66. The maximum atomic E-state index is 13.5. The van der Waals surface area contributed by atoms with Crippen molar-refractivity contribution in [2.45, 2.75) is 31.7 Å². The van der Waals surface area contributed by atoms with E-state index >= 15 is 0 Å². The lowest BCUT2D eigenvalue weighted by Crippen LogP contribution is -2.42. The minimum Gasteiger partial charge on any atom is -0.334 e. The second-order valence-electron chi connectivity index (χ2n) is 5.86. The Morgan fingerprint density at radius 1 is 1.29 bits per heavy atom. The molecule has 1 aromatic carbocycles. The Bertz CT molecular complexity index is 501. The van der Waals surface area contributed by atoms with Crippen molar-refractivity contribution in [1.29, 1.82) is 0 Å². The second-order valence-corrected chi connectivity index (χ2v) is 6.72. The quantitative estimate of drug-likeness (QED) is 0.805. The fourth-order valence-electron chi connectivity index (χ4n) is 2.79. The van der Waals surface area contributed by atoms with Gasteiger partial charge in [0, 0.05) is 23.6 Å². The predicted octanol–water partition coefficient (Wildman–Crippen LogP) is 3.53. The van der Waals surface area contributed by atoms with Crippen molar-refractivity contribution in [2.24, 2.45) is 0 Å². The fraction of sp³-hybridized carbons (Fsp3) is 0.562. The lowest BCUT2D eigenvalue weighted by molar-refractivity contribution is 0.0666. The van der Waals surface area contributed by atoms with E-state index in [-0.39, 0.29) is 17.8 Å². The molecule has 21 heavy (non-hydrogen) atoms. The predicted molar refractivity (Wildman–Crippen MR) is 85.9 cm³/mol. The minimum atomic E-state index is -0.375. The summed E-state index contributed by atoms with van der Waals surface area (Å²) < 4.78 is 14.1. The van der Waals surface area contributed by atoms with Crippen LogP contribution in [0.4, 0.5) is 4.39 Å². The average Bonchev–Trinajstić information content (AvgIpc) is 2.95. The van der Waals surface area contributed by atoms with Crippen LogP contribution in [-0.4, -0.2) is 48.9 Å². The van der Waals surface area contributed by atoms with Gasteiger partial charge in [-0.3, -0.25) is 4.79 Å². The van der Waals surface area contributed by atoms with Crippen LogP contribution < -0.4 is 0 Å². The van der Waals surface area contributed by atoms with Gasteiger partial charge in [-0.1, -0.05) is 12.8 Å². The summed E-state index contributed by atoms with van der Waals surface area (Å²) in [5.74, 6) is -0.448. The fourth-order valence-corrected chi connectivity index (χ4v) is 3.21. The Balaban J connectivity index is 2.21. The van der Waals surface area contributed by atoms with Crippen LogP contribution in [0.1, 0.15) is 36.0 Å². The molecule has 0 heterocycles. The van der Waals surface area contributed by atoms with Crippen molar-refractivity contribution in [2.75, 3.05) is 27.2 Å². The molecule has 1 aliphatic rings. The summed E-state index contributed by atoms with van der Waals surface area (Å²) in [7, 11) is 3.99. The number of hydrogen-bond acceptors (Lipinski definition) is 2. The summed E-state index contributed by atoms with van der Waals surface area (Å²) in [5, 5.41) is 0. The van der Waals surface area contributed by atoms with Gasteiger partial charge < -0.3 is 9.80 Å². The first-order valence-electron chi connectivity index (χ1n) is 7.40. The summed E-state index contributed by atoms with van der Waals surface area (Å²) in [6.45, 7) is 1.49. The number of amides is 1. The Hall–Kier alpha value is -0.940. The van der Waals surface area contributed by atoms with Crippen LogP contribution in [0, 0.1) is 5.82 Å². The molecule has 5 heteroatoms. The van der Waals surface area contributed by atoms with Gasteiger partial charge in [0.1, 0.15) is 5.82 Å². The third-order valence-electron chi connectivity index (χ3n) is 3.97. The first-order chi connectivity index (χ1) is 9.99. The Kier molecular flexibility index (Phi) is 5.76. The molecule has 1 aliphatic carbocycles. The highest BCUT2D eigenvalue weighted by Crippen LogP contribution is 2.27. The summed E-state index contributed by atoms with van der Waals surface area (Å²) in [5.41, 5.74) is 0.417. The van der Waals surface area contributed by atoms with Crippen molar-refractivity contribution < 1.29 is 9.18 Å². The minimum absolute atomic E-state index is 0.0740. The molecule has 1 amide bonds. The molecule has 0 aliphatic heterocycles. The molecule has 3 nitrogen and oxygen atoms in total. The van der Waals surface area contributed by atoms with Gasteiger partial charge in [-0.05, 0) is 61.1 Å². The molecule has 0 bridgehead atoms. The van der Waals surface area contributed by atoms with E-state index in [0.717, 1.165) is 19.4 Å². The Morgan fingerprint density at radius 3 is 2.57 bits per heavy atom. The van der Waals surface area contributed by atoms with Gasteiger partial charge in [-0.2, -0.15) is 0 Å². The number of benzene rings is 1. The van der Waals surface area contributed by atoms with E-state index < -0.39 is 0 Å². The molecule has 2 rings (SSSR count). The second kappa shape index (κ2) is 7.36. The van der Waals surface area contributed by atoms with E-state index in [0.29, 0.717) is 16.6 Å². The molecule has 0 aromatic heterocycles. The summed E-state index contributed by atoms with van der Waals surface area (Å²) in [4.78, 5) is 16.8. The molecule has 1 aromatic rings. The number of carbonyl (C=O) groups is 1. The highest BCUT2D eigenvalue weighted by molar-refractivity contribution is 9.10. The molecule has 116 valence electrons. The highest BCUT2D eigenvalue weighted by atomic mass is 79.9. The van der Waals surface area contributed by atoms with Crippen molar-refractivity contribution in [3.63, 3.8) is 0 Å². The molecule has 1 fully saturated rings. The van der Waals surface area contributed by atoms with Crippen molar-refractivity contribution in [3.8, 4) is 0 Å². The van der Waals surface area contributed by atoms with Gasteiger partial charge in [-0.15, -0.1) is 0 Å². The summed E-state index contributed by atoms with van der Waals surface area (Å²) in [6, 6.07) is 4.57. The van der Waals surface area contributed by atoms with Crippen LogP contribution in [0.3, 0.4) is 0 Å². The van der Waals surface area contributed by atoms with Crippen molar-refractivity contribution in [1.82, 2.24) is 9.80 Å². The first-order valence-corrected chi connectivity index (χ1v) is 8.19. The van der Waals surface area contributed by atoms with E-state index in [2.05, 4.69) is 20.8 Å². The molecule has 0 N–H and O–H groups in total. The Morgan fingerprint density at radius 2 is 1.95 bits per heavy atom. The number of carbonyl (C=O) groups excluding carboxylic acids is 1. The molecular weight excluding hydrogens is 335 g/mol. The number of halogens is 2. The van der Waals surface area contributed by atoms with E-state index in [4.69, 9.17) is 0 Å². The molecular formula is C16H22BrFN2O. The Labute approximate surface area is 134 Å². The van der Waals surface area contributed by atoms with E-state index in [9.17, 15) is 9.18 Å². The third kappa shape index (κ3) is 4.27. The maximum Gasteiger partial charge on any atom is 0.255 e. The van der Waals surface area contributed by atoms with Crippen LogP contribution in [0.5, 0.6) is 0 Å². The zero-order valence-electron chi connectivity index (χ0n) is 12.6. The maximum absolute atomic E-state index is 13.5. The summed E-state index contributed by atoms with van der Waals surface area (Å²) >= 11 is 3.36. The smallest absolute Gasteiger partial charge is 0.255 e. The van der Waals surface area contributed by atoms with Crippen LogP contribution in [0.2, 0.25) is 0 Å². The van der Waals surface area contributed by atoms with E-state index in [1.54, 1.807) is 6.07 Å². The van der Waals surface area contributed by atoms with Gasteiger partial charge in [0.2, 0.25) is 0 Å². The number of rotatable bonds is 5. The number of hydrogen-bond donors (Lipinski definition) is 0. The molecule has 0 spiro atoms.